The molecule has 0 aliphatic heterocycles. The summed E-state index contributed by atoms with van der Waals surface area (Å²) in [5.74, 6) is 3.86. The minimum absolute atomic E-state index is 0.0978. The zero-order chi connectivity index (χ0) is 42.1. The van der Waals surface area contributed by atoms with Crippen molar-refractivity contribution in [2.24, 2.45) is 0 Å². The number of hydrogen-bond acceptors (Lipinski definition) is 9. The van der Waals surface area contributed by atoms with Gasteiger partial charge in [0, 0.05) is 5.56 Å². The van der Waals surface area contributed by atoms with Crippen molar-refractivity contribution in [1.82, 2.24) is 0 Å². The summed E-state index contributed by atoms with van der Waals surface area (Å²) in [5.41, 5.74) is 13.4. The zero-order valence-electron chi connectivity index (χ0n) is 35.9. The molecule has 0 aliphatic rings. The Hall–Kier alpha value is -4.00. The standard InChI is InChI=1S/C47H54O9.2Al.4H/c1-10-52-43-27(2)15-36(16-28(43)3)37-17-31(6)45(32(7)18-37)55-25-41(49)26-56-46-33(8)21-39(22-34(46)9)38-19-29(4)44(30(5)20-38)54-24-40(48)23-53-42-13-11-35(12-14-42)47(50)51;;;;;;/h11-22,40-41,47-49H,10,23-26H2,1-9H3;;;;;;/q-2;2*+1;;;;. The average molecular weight is 821 g/mol. The highest BCUT2D eigenvalue weighted by molar-refractivity contribution is 5.99. The summed E-state index contributed by atoms with van der Waals surface area (Å²) in [6.45, 7) is 19.3. The number of ether oxygens (including phenoxy) is 5. The van der Waals surface area contributed by atoms with Gasteiger partial charge in [-0.1, -0.05) is 12.1 Å². The van der Waals surface area contributed by atoms with Crippen LogP contribution in [0.15, 0.2) is 72.8 Å². The highest BCUT2D eigenvalue weighted by atomic mass is 27.1. The van der Waals surface area contributed by atoms with Gasteiger partial charge in [0.1, 0.15) is 73.7 Å². The van der Waals surface area contributed by atoms with Crippen molar-refractivity contribution in [2.75, 3.05) is 33.0 Å². The van der Waals surface area contributed by atoms with Gasteiger partial charge in [-0.2, -0.15) is 0 Å². The second-order valence-electron chi connectivity index (χ2n) is 15.1. The molecule has 0 aromatic heterocycles. The molecule has 0 spiro atoms. The van der Waals surface area contributed by atoms with Gasteiger partial charge >= 0.3 is 33.2 Å². The molecule has 0 amide bonds. The van der Waals surface area contributed by atoms with Crippen LogP contribution in [-0.2, 0) is 7.58 Å². The van der Waals surface area contributed by atoms with Gasteiger partial charge in [-0.25, -0.2) is 0 Å². The molecule has 5 aromatic carbocycles. The third-order valence-electron chi connectivity index (χ3n) is 10.1. The van der Waals surface area contributed by atoms with Crippen molar-refractivity contribution in [1.29, 1.82) is 0 Å². The Morgan fingerprint density at radius 2 is 0.707 bits per heavy atom. The van der Waals surface area contributed by atoms with Crippen molar-refractivity contribution >= 4 is 33.2 Å². The van der Waals surface area contributed by atoms with E-state index in [2.05, 4.69) is 62.4 Å². The van der Waals surface area contributed by atoms with Crippen molar-refractivity contribution in [3.05, 3.63) is 123 Å². The summed E-state index contributed by atoms with van der Waals surface area (Å²) in [4.78, 5) is 0. The summed E-state index contributed by atoms with van der Waals surface area (Å²) in [6.07, 6.45) is -1.96. The van der Waals surface area contributed by atoms with E-state index in [0.717, 1.165) is 95.3 Å². The second kappa shape index (κ2) is 20.8. The van der Waals surface area contributed by atoms with Gasteiger partial charge in [-0.3, -0.25) is 0 Å². The van der Waals surface area contributed by atoms with E-state index in [1.165, 1.54) is 0 Å². The number of benzene rings is 5. The van der Waals surface area contributed by atoms with Crippen LogP contribution < -0.4 is 23.7 Å². The second-order valence-corrected chi connectivity index (χ2v) is 16.1. The SMILES string of the molecule is CCOc1c(C)cc(-c2cc(C)c(OCC(O)COc3c(C)cc(-c4cc(C)c(OCC(O)COc5ccc(C([O][AlH2])[O][AlH2])cc5)c(C)c4)cc3C)c(C)c2)cc1C. The topological polar surface area (TPSA) is 105 Å². The first-order chi connectivity index (χ1) is 27.7. The van der Waals surface area contributed by atoms with Crippen molar-refractivity contribution in [2.45, 2.75) is 80.8 Å². The molecule has 2 N–H and O–H groups in total. The van der Waals surface area contributed by atoms with Gasteiger partial charge in [0.15, 0.2) is 0 Å². The van der Waals surface area contributed by atoms with Crippen LogP contribution >= 0.6 is 0 Å². The highest BCUT2D eigenvalue weighted by Crippen LogP contribution is 2.36. The number of aliphatic hydroxyl groups is 2. The van der Waals surface area contributed by atoms with Crippen LogP contribution in [0.1, 0.15) is 63.3 Å². The maximum atomic E-state index is 10.9. The van der Waals surface area contributed by atoms with Gasteiger partial charge in [0.2, 0.25) is 0 Å². The van der Waals surface area contributed by atoms with E-state index >= 15 is 0 Å². The van der Waals surface area contributed by atoms with Crippen LogP contribution in [0, 0.1) is 55.4 Å². The van der Waals surface area contributed by atoms with Crippen LogP contribution in [0.2, 0.25) is 0 Å². The Morgan fingerprint density at radius 1 is 0.431 bits per heavy atom. The summed E-state index contributed by atoms with van der Waals surface area (Å²) in [5, 5.41) is 21.6. The molecule has 2 unspecified atom stereocenters. The van der Waals surface area contributed by atoms with Gasteiger partial charge in [0.05, 0.1) is 6.61 Å². The fourth-order valence-corrected chi connectivity index (χ4v) is 8.75. The molecule has 0 heterocycles. The number of rotatable bonds is 19. The van der Waals surface area contributed by atoms with Gasteiger partial charge in [-0.15, -0.1) is 0 Å². The van der Waals surface area contributed by atoms with E-state index in [0.29, 0.717) is 45.6 Å². The van der Waals surface area contributed by atoms with Crippen molar-refractivity contribution < 1.29 is 41.5 Å². The smallest absolute Gasteiger partial charge is 0.413 e. The summed E-state index contributed by atoms with van der Waals surface area (Å²) >= 11 is 1.18. The molecule has 5 rings (SSSR count). The highest BCUT2D eigenvalue weighted by Gasteiger charge is 2.17. The Labute approximate surface area is 360 Å². The number of aliphatic hydroxyl groups excluding tert-OH is 2. The molecule has 11 heteroatoms. The van der Waals surface area contributed by atoms with Crippen molar-refractivity contribution in [3.63, 3.8) is 0 Å². The largest absolute Gasteiger partial charge is 0.493 e. The predicted molar refractivity (Wildman–Crippen MR) is 235 cm³/mol. The van der Waals surface area contributed by atoms with E-state index in [1.807, 2.05) is 72.7 Å². The van der Waals surface area contributed by atoms with Crippen molar-refractivity contribution in [3.8, 4) is 51.0 Å². The first-order valence-corrected chi connectivity index (χ1v) is 21.5. The minimum Gasteiger partial charge on any atom is -0.493 e. The lowest BCUT2D eigenvalue weighted by molar-refractivity contribution is 0.0180. The Balaban J connectivity index is 1.15. The fourth-order valence-electron chi connectivity index (χ4n) is 7.44. The Morgan fingerprint density at radius 3 is 0.983 bits per heavy atom. The zero-order valence-corrected chi connectivity index (χ0v) is 39.9. The Bertz CT molecular complexity index is 2070. The molecule has 9 nitrogen and oxygen atoms in total. The lowest BCUT2D eigenvalue weighted by atomic mass is 9.96. The van der Waals surface area contributed by atoms with Gasteiger partial charge in [0.25, 0.3) is 0 Å². The lowest BCUT2D eigenvalue weighted by Gasteiger charge is -2.20. The van der Waals surface area contributed by atoms with E-state index in [-0.39, 0.29) is 32.7 Å². The third-order valence-corrected chi connectivity index (χ3v) is 10.9. The molecular weight excluding hydrogens is 762 g/mol. The normalized spacial score (nSPS) is 12.3. The van der Waals surface area contributed by atoms with E-state index < -0.39 is 12.2 Å². The molecule has 5 aromatic rings. The monoisotopic (exact) mass is 820 g/mol. The molecule has 58 heavy (non-hydrogen) atoms. The minimum atomic E-state index is -0.824. The summed E-state index contributed by atoms with van der Waals surface area (Å²) in [6, 6.07) is 24.5. The molecule has 0 saturated carbocycles. The van der Waals surface area contributed by atoms with Crippen LogP contribution in [-0.4, -0.2) is 88.7 Å². The molecule has 0 saturated heterocycles. The van der Waals surface area contributed by atoms with E-state index in [4.69, 9.17) is 31.3 Å². The summed E-state index contributed by atoms with van der Waals surface area (Å²) in [7, 11) is 0. The molecule has 306 valence electrons. The average Bonchev–Trinajstić information content (AvgIpc) is 3.18. The van der Waals surface area contributed by atoms with E-state index in [1.54, 1.807) is 0 Å². The fraction of sp³-hybridized carbons (Fsp3) is 0.362. The molecule has 0 fully saturated rings. The molecule has 0 radical (unpaired) electrons. The van der Waals surface area contributed by atoms with Crippen LogP contribution in [0.5, 0.6) is 28.7 Å². The number of aryl methyl sites for hydroxylation is 8. The van der Waals surface area contributed by atoms with Crippen LogP contribution in [0.3, 0.4) is 0 Å². The number of hydrogen-bond donors (Lipinski definition) is 2. The van der Waals surface area contributed by atoms with Crippen LogP contribution in [0.25, 0.3) is 22.3 Å². The molecule has 2 atom stereocenters. The van der Waals surface area contributed by atoms with Crippen LogP contribution in [0.4, 0.5) is 0 Å². The predicted octanol–water partition coefficient (Wildman–Crippen LogP) is 7.65. The molecule has 0 aliphatic carbocycles. The Kier molecular flexibility index (Phi) is 16.2. The van der Waals surface area contributed by atoms with Gasteiger partial charge < -0.3 is 41.5 Å². The third kappa shape index (κ3) is 11.4. The lowest BCUT2D eigenvalue weighted by Crippen LogP contribution is -2.25. The molecular formula is C47H58Al2O9. The van der Waals surface area contributed by atoms with E-state index in [9.17, 15) is 10.2 Å². The quantitative estimate of drug-likeness (QED) is 0.0643. The molecule has 0 bridgehead atoms. The summed E-state index contributed by atoms with van der Waals surface area (Å²) < 4.78 is 41.0. The first-order valence-electron chi connectivity index (χ1n) is 19.8. The maximum Gasteiger partial charge on any atom is 0.413 e. The first kappa shape index (κ1) is 45.1. The van der Waals surface area contributed by atoms with Gasteiger partial charge in [-0.05, 0) is 190 Å². The maximum absolute atomic E-state index is 10.9.